The van der Waals surface area contributed by atoms with Crippen molar-refractivity contribution < 1.29 is 0 Å². The summed E-state index contributed by atoms with van der Waals surface area (Å²) in [7, 11) is 0. The molecule has 0 spiro atoms. The van der Waals surface area contributed by atoms with Gasteiger partial charge in [0.05, 0.1) is 11.0 Å². The van der Waals surface area contributed by atoms with Crippen molar-refractivity contribution in [3.8, 4) is 39.1 Å². The number of para-hydroxylation sites is 1. The molecule has 0 amide bonds. The molecule has 192 valence electrons. The average Bonchev–Trinajstić information content (AvgIpc) is 3.39. The summed E-state index contributed by atoms with van der Waals surface area (Å²) in [6.07, 6.45) is 0. The maximum atomic E-state index is 2.38. The molecular weight excluding hydrogens is 494 g/mol. The summed E-state index contributed by atoms with van der Waals surface area (Å²) < 4.78 is 2.38. The van der Waals surface area contributed by atoms with E-state index < -0.39 is 0 Å². The lowest BCUT2D eigenvalue weighted by molar-refractivity contribution is 1.18. The Morgan fingerprint density at radius 1 is 0.317 bits per heavy atom. The van der Waals surface area contributed by atoms with Crippen LogP contribution in [0.1, 0.15) is 0 Å². The second kappa shape index (κ2) is 9.66. The van der Waals surface area contributed by atoms with Gasteiger partial charge in [0.1, 0.15) is 0 Å². The number of nitrogens with zero attached hydrogens (tertiary/aromatic N) is 1. The van der Waals surface area contributed by atoms with Gasteiger partial charge in [0.25, 0.3) is 0 Å². The fourth-order valence-corrected chi connectivity index (χ4v) is 6.18. The molecule has 1 nitrogen and oxygen atoms in total. The first kappa shape index (κ1) is 23.5. The van der Waals surface area contributed by atoms with Gasteiger partial charge >= 0.3 is 0 Å². The van der Waals surface area contributed by atoms with E-state index in [0.29, 0.717) is 0 Å². The largest absolute Gasteiger partial charge is 0.309 e. The summed E-state index contributed by atoms with van der Waals surface area (Å²) in [5.74, 6) is 0. The first-order valence-corrected chi connectivity index (χ1v) is 14.1. The van der Waals surface area contributed by atoms with Crippen molar-refractivity contribution in [3.05, 3.63) is 164 Å². The molecule has 8 rings (SSSR count). The molecular formula is C40H27N. The van der Waals surface area contributed by atoms with Gasteiger partial charge in [0.2, 0.25) is 0 Å². The lowest BCUT2D eigenvalue weighted by Gasteiger charge is -2.10. The van der Waals surface area contributed by atoms with Crippen LogP contribution in [0.3, 0.4) is 0 Å². The third-order valence-corrected chi connectivity index (χ3v) is 8.22. The van der Waals surface area contributed by atoms with Crippen molar-refractivity contribution in [1.82, 2.24) is 4.57 Å². The third-order valence-electron chi connectivity index (χ3n) is 8.22. The summed E-state index contributed by atoms with van der Waals surface area (Å²) in [4.78, 5) is 0. The van der Waals surface area contributed by atoms with Crippen LogP contribution in [-0.4, -0.2) is 4.57 Å². The fourth-order valence-electron chi connectivity index (χ4n) is 6.18. The smallest absolute Gasteiger partial charge is 0.0541 e. The zero-order valence-corrected chi connectivity index (χ0v) is 22.5. The molecule has 0 N–H and O–H groups in total. The zero-order chi connectivity index (χ0) is 27.2. The molecule has 0 saturated carbocycles. The monoisotopic (exact) mass is 521 g/mol. The van der Waals surface area contributed by atoms with E-state index in [4.69, 9.17) is 0 Å². The number of fused-ring (bicyclic) bond motifs is 4. The van der Waals surface area contributed by atoms with Crippen LogP contribution in [-0.2, 0) is 0 Å². The number of rotatable bonds is 4. The molecule has 0 unspecified atom stereocenters. The van der Waals surface area contributed by atoms with E-state index in [0.717, 1.165) is 0 Å². The molecule has 8 aromatic rings. The second-order valence-corrected chi connectivity index (χ2v) is 10.6. The minimum atomic E-state index is 1.17. The third kappa shape index (κ3) is 4.02. The highest BCUT2D eigenvalue weighted by atomic mass is 15.0. The lowest BCUT2D eigenvalue weighted by Crippen LogP contribution is -1.93. The Morgan fingerprint density at radius 3 is 1.71 bits per heavy atom. The van der Waals surface area contributed by atoms with Crippen molar-refractivity contribution in [3.63, 3.8) is 0 Å². The fraction of sp³-hybridized carbons (Fsp3) is 0. The standard InChI is InChI=1S/C40H27N/c1-2-9-28(10-3-1)29-21-24-34(25-22-29)41-39-16-7-6-14-37(39)38-27-33(23-26-40(38)41)30-17-19-32(20-18-30)36-15-8-12-31-11-4-5-13-35(31)36/h1-27H. The molecule has 0 atom stereocenters. The molecule has 0 saturated heterocycles. The Kier molecular flexibility index (Phi) is 5.53. The van der Waals surface area contributed by atoms with Gasteiger partial charge < -0.3 is 4.57 Å². The van der Waals surface area contributed by atoms with Gasteiger partial charge in [-0.05, 0) is 74.5 Å². The van der Waals surface area contributed by atoms with Crippen molar-refractivity contribution in [2.75, 3.05) is 0 Å². The number of benzene rings is 7. The molecule has 1 heterocycles. The van der Waals surface area contributed by atoms with Gasteiger partial charge in [-0.25, -0.2) is 0 Å². The Labute approximate surface area is 239 Å². The first-order chi connectivity index (χ1) is 20.3. The van der Waals surface area contributed by atoms with Crippen LogP contribution in [0.25, 0.3) is 71.6 Å². The normalized spacial score (nSPS) is 11.4. The molecule has 1 heteroatoms. The second-order valence-electron chi connectivity index (χ2n) is 10.6. The molecule has 0 radical (unpaired) electrons. The maximum absolute atomic E-state index is 2.38. The lowest BCUT2D eigenvalue weighted by atomic mass is 9.96. The van der Waals surface area contributed by atoms with Gasteiger partial charge in [-0.2, -0.15) is 0 Å². The molecule has 7 aromatic carbocycles. The van der Waals surface area contributed by atoms with Gasteiger partial charge in [0.15, 0.2) is 0 Å². The molecule has 41 heavy (non-hydrogen) atoms. The Morgan fingerprint density at radius 2 is 0.878 bits per heavy atom. The topological polar surface area (TPSA) is 4.93 Å². The first-order valence-electron chi connectivity index (χ1n) is 14.1. The van der Waals surface area contributed by atoms with Gasteiger partial charge in [-0.3, -0.25) is 0 Å². The molecule has 0 fully saturated rings. The van der Waals surface area contributed by atoms with Crippen LogP contribution < -0.4 is 0 Å². The Balaban J connectivity index is 1.20. The predicted octanol–water partition coefficient (Wildman–Crippen LogP) is 10.9. The van der Waals surface area contributed by atoms with E-state index in [1.165, 1.54) is 71.6 Å². The Bertz CT molecular complexity index is 2160. The van der Waals surface area contributed by atoms with E-state index in [-0.39, 0.29) is 0 Å². The molecule has 0 aliphatic heterocycles. The summed E-state index contributed by atoms with van der Waals surface area (Å²) in [6, 6.07) is 59.2. The summed E-state index contributed by atoms with van der Waals surface area (Å²) in [5.41, 5.74) is 11.0. The number of hydrogen-bond donors (Lipinski definition) is 0. The van der Waals surface area contributed by atoms with Crippen LogP contribution in [0.4, 0.5) is 0 Å². The maximum Gasteiger partial charge on any atom is 0.0541 e. The van der Waals surface area contributed by atoms with Gasteiger partial charge in [-0.15, -0.1) is 0 Å². The molecule has 1 aromatic heterocycles. The van der Waals surface area contributed by atoms with Crippen molar-refractivity contribution in [2.24, 2.45) is 0 Å². The minimum absolute atomic E-state index is 1.17. The quantitative estimate of drug-likeness (QED) is 0.217. The van der Waals surface area contributed by atoms with Crippen LogP contribution in [0.15, 0.2) is 164 Å². The van der Waals surface area contributed by atoms with E-state index in [1.807, 2.05) is 0 Å². The highest BCUT2D eigenvalue weighted by molar-refractivity contribution is 6.10. The van der Waals surface area contributed by atoms with Crippen molar-refractivity contribution in [2.45, 2.75) is 0 Å². The SMILES string of the molecule is c1ccc(-c2ccc(-n3c4ccccc4c4cc(-c5ccc(-c6cccc7ccccc67)cc5)ccc43)cc2)cc1. The van der Waals surface area contributed by atoms with Crippen molar-refractivity contribution in [1.29, 1.82) is 0 Å². The minimum Gasteiger partial charge on any atom is -0.309 e. The number of hydrogen-bond acceptors (Lipinski definition) is 0. The summed E-state index contributed by atoms with van der Waals surface area (Å²) in [6.45, 7) is 0. The van der Waals surface area contributed by atoms with Gasteiger partial charge in [0, 0.05) is 16.5 Å². The van der Waals surface area contributed by atoms with Crippen LogP contribution in [0, 0.1) is 0 Å². The molecule has 0 aliphatic carbocycles. The van der Waals surface area contributed by atoms with Crippen molar-refractivity contribution >= 4 is 32.6 Å². The molecule has 0 aliphatic rings. The van der Waals surface area contributed by atoms with E-state index in [1.54, 1.807) is 0 Å². The summed E-state index contributed by atoms with van der Waals surface area (Å²) in [5, 5.41) is 5.09. The average molecular weight is 522 g/mol. The molecule has 0 bridgehead atoms. The predicted molar refractivity (Wildman–Crippen MR) is 175 cm³/mol. The van der Waals surface area contributed by atoms with E-state index >= 15 is 0 Å². The highest BCUT2D eigenvalue weighted by Gasteiger charge is 2.13. The van der Waals surface area contributed by atoms with Crippen LogP contribution in [0.2, 0.25) is 0 Å². The Hall–Kier alpha value is -5.40. The van der Waals surface area contributed by atoms with Crippen LogP contribution >= 0.6 is 0 Å². The van der Waals surface area contributed by atoms with Gasteiger partial charge in [-0.1, -0.05) is 133 Å². The van der Waals surface area contributed by atoms with E-state index in [9.17, 15) is 0 Å². The van der Waals surface area contributed by atoms with Crippen LogP contribution in [0.5, 0.6) is 0 Å². The zero-order valence-electron chi connectivity index (χ0n) is 22.5. The summed E-state index contributed by atoms with van der Waals surface area (Å²) >= 11 is 0. The highest BCUT2D eigenvalue weighted by Crippen LogP contribution is 2.36. The number of aromatic nitrogens is 1. The van der Waals surface area contributed by atoms with E-state index in [2.05, 4.69) is 168 Å².